The molecule has 0 radical (unpaired) electrons. The number of nitrogens with two attached hydrogens (primary N) is 1. The van der Waals surface area contributed by atoms with Crippen LogP contribution in [0.5, 0.6) is 0 Å². The van der Waals surface area contributed by atoms with Gasteiger partial charge in [0.05, 0.1) is 31.2 Å². The van der Waals surface area contributed by atoms with Gasteiger partial charge < -0.3 is 0 Å². The highest BCUT2D eigenvalue weighted by Crippen LogP contribution is 2.37. The molecule has 3 N–H and O–H groups in total. The van der Waals surface area contributed by atoms with E-state index < -0.39 is 44.8 Å². The molecule has 28 heavy (non-hydrogen) atoms. The smallest absolute Gasteiger partial charge is 0.293 e. The summed E-state index contributed by atoms with van der Waals surface area (Å²) in [6.07, 6.45) is -4.77. The molecule has 6 nitrogen and oxygen atoms in total. The fraction of sp³-hybridized carbons (Fsp3) is 0.133. The van der Waals surface area contributed by atoms with E-state index in [0.717, 1.165) is 18.2 Å². The van der Waals surface area contributed by atoms with E-state index >= 15 is 0 Å². The summed E-state index contributed by atoms with van der Waals surface area (Å²) in [5, 5.41) is -0.383. The highest BCUT2D eigenvalue weighted by Gasteiger charge is 2.34. The second kappa shape index (κ2) is 8.34. The van der Waals surface area contributed by atoms with Crippen LogP contribution in [0.3, 0.4) is 0 Å². The first-order valence-electron chi connectivity index (χ1n) is 7.22. The van der Waals surface area contributed by atoms with Crippen LogP contribution in [-0.4, -0.2) is 20.9 Å². The molecule has 0 atom stereocenters. The molecule has 0 fully saturated rings. The number of amides is 1. The van der Waals surface area contributed by atoms with E-state index in [2.05, 4.69) is 0 Å². The van der Waals surface area contributed by atoms with Crippen LogP contribution in [0.25, 0.3) is 0 Å². The zero-order chi connectivity index (χ0) is 21.3. The number of anilines is 1. The van der Waals surface area contributed by atoms with Gasteiger partial charge in [0.1, 0.15) is 6.54 Å². The Hall–Kier alpha value is -1.72. The first-order valence-corrected chi connectivity index (χ1v) is 9.79. The Bertz CT molecular complexity index is 1020. The Morgan fingerprint density at radius 3 is 2.18 bits per heavy atom. The molecule has 152 valence electrons. The lowest BCUT2D eigenvalue weighted by Gasteiger charge is -2.25. The summed E-state index contributed by atoms with van der Waals surface area (Å²) in [7, 11) is -4.56. The Morgan fingerprint density at radius 1 is 1.04 bits per heavy atom. The summed E-state index contributed by atoms with van der Waals surface area (Å²) in [4.78, 5) is 11.3. The molecule has 0 aliphatic rings. The minimum absolute atomic E-state index is 0.0592. The molecule has 2 aromatic carbocycles. The van der Waals surface area contributed by atoms with Gasteiger partial charge in [0, 0.05) is 0 Å². The number of rotatable bonds is 5. The molecule has 13 heteroatoms. The average Bonchev–Trinajstić information content (AvgIpc) is 2.61. The second-order valence-corrected chi connectivity index (χ2v) is 8.40. The van der Waals surface area contributed by atoms with Crippen molar-refractivity contribution < 1.29 is 26.4 Å². The van der Waals surface area contributed by atoms with Crippen molar-refractivity contribution >= 4 is 56.4 Å². The maximum Gasteiger partial charge on any atom is 0.416 e. The highest BCUT2D eigenvalue weighted by atomic mass is 35.5. The number of nitrogens with one attached hydrogen (secondary N) is 1. The van der Waals surface area contributed by atoms with Crippen LogP contribution < -0.4 is 15.6 Å². The summed E-state index contributed by atoms with van der Waals surface area (Å²) >= 11 is 17.5. The van der Waals surface area contributed by atoms with Gasteiger partial charge in [0.2, 0.25) is 0 Å². The maximum absolute atomic E-state index is 13.1. The number of hydrogen-bond donors (Lipinski definition) is 2. The van der Waals surface area contributed by atoms with Crippen LogP contribution in [0, 0.1) is 0 Å². The highest BCUT2D eigenvalue weighted by molar-refractivity contribution is 7.92. The van der Waals surface area contributed by atoms with Crippen molar-refractivity contribution in [2.45, 2.75) is 11.1 Å². The van der Waals surface area contributed by atoms with Crippen LogP contribution in [0.4, 0.5) is 18.9 Å². The molecule has 0 aromatic heterocycles. The Morgan fingerprint density at radius 2 is 1.64 bits per heavy atom. The van der Waals surface area contributed by atoms with E-state index in [1.807, 2.05) is 0 Å². The summed E-state index contributed by atoms with van der Waals surface area (Å²) < 4.78 is 65.6. The third-order valence-electron chi connectivity index (χ3n) is 3.47. The molecular weight excluding hydrogens is 466 g/mol. The lowest BCUT2D eigenvalue weighted by Crippen LogP contribution is -2.43. The summed E-state index contributed by atoms with van der Waals surface area (Å²) in [5.41, 5.74) is -0.00566. The van der Waals surface area contributed by atoms with E-state index in [9.17, 15) is 26.4 Å². The number of hydrogen-bond acceptors (Lipinski definition) is 4. The molecule has 2 aromatic rings. The molecule has 0 spiro atoms. The van der Waals surface area contributed by atoms with Gasteiger partial charge in [-0.15, -0.1) is 0 Å². The fourth-order valence-electron chi connectivity index (χ4n) is 2.12. The van der Waals surface area contributed by atoms with E-state index in [-0.39, 0.29) is 15.1 Å². The van der Waals surface area contributed by atoms with E-state index in [1.54, 1.807) is 5.43 Å². The van der Waals surface area contributed by atoms with Crippen LogP contribution >= 0.6 is 34.8 Å². The lowest BCUT2D eigenvalue weighted by molar-refractivity contribution is -0.137. The predicted octanol–water partition coefficient (Wildman–Crippen LogP) is 3.85. The normalized spacial score (nSPS) is 12.0. The molecule has 0 bridgehead atoms. The number of sulfonamides is 1. The Balaban J connectivity index is 2.69. The zero-order valence-corrected chi connectivity index (χ0v) is 16.7. The predicted molar refractivity (Wildman–Crippen MR) is 99.8 cm³/mol. The van der Waals surface area contributed by atoms with Crippen molar-refractivity contribution in [3.63, 3.8) is 0 Å². The van der Waals surface area contributed by atoms with Crippen molar-refractivity contribution in [1.29, 1.82) is 0 Å². The van der Waals surface area contributed by atoms with Gasteiger partial charge in [-0.2, -0.15) is 13.2 Å². The first kappa shape index (κ1) is 22.6. The van der Waals surface area contributed by atoms with Crippen LogP contribution in [0.15, 0.2) is 41.3 Å². The molecule has 1 amide bonds. The van der Waals surface area contributed by atoms with Crippen LogP contribution in [0.1, 0.15) is 5.56 Å². The SMILES string of the molecule is NNC(=O)CN(c1cc(C(F)(F)F)ccc1Cl)S(=O)(=O)c1ccc(Cl)c(Cl)c1. The molecule has 0 saturated carbocycles. The summed E-state index contributed by atoms with van der Waals surface area (Å²) in [6.45, 7) is -0.930. The monoisotopic (exact) mass is 475 g/mol. The molecule has 2 rings (SSSR count). The minimum atomic E-state index is -4.77. The number of carbonyl (C=O) groups is 1. The topological polar surface area (TPSA) is 92.5 Å². The molecule has 0 heterocycles. The van der Waals surface area contributed by atoms with E-state index in [0.29, 0.717) is 16.4 Å². The first-order chi connectivity index (χ1) is 12.9. The van der Waals surface area contributed by atoms with Crippen LogP contribution in [-0.2, 0) is 21.0 Å². The minimum Gasteiger partial charge on any atom is -0.293 e. The quantitative estimate of drug-likeness (QED) is 0.389. The van der Waals surface area contributed by atoms with E-state index in [1.165, 1.54) is 6.07 Å². The summed E-state index contributed by atoms with van der Waals surface area (Å²) in [5.74, 6) is 4.00. The summed E-state index contributed by atoms with van der Waals surface area (Å²) in [6, 6.07) is 5.33. The Labute approximate surface area is 173 Å². The van der Waals surface area contributed by atoms with Crippen molar-refractivity contribution in [3.05, 3.63) is 57.0 Å². The number of halogens is 6. The van der Waals surface area contributed by atoms with Gasteiger partial charge >= 0.3 is 6.18 Å². The fourth-order valence-corrected chi connectivity index (χ4v) is 4.21. The van der Waals surface area contributed by atoms with Gasteiger partial charge in [-0.05, 0) is 36.4 Å². The van der Waals surface area contributed by atoms with Crippen molar-refractivity contribution in [2.75, 3.05) is 10.8 Å². The standard InChI is InChI=1S/C15H11Cl3F3N3O3S/c16-10-4-2-9(6-12(10)18)28(26,27)24(7-14(25)23-22)13-5-8(15(19,20)21)1-3-11(13)17/h1-6H,7,22H2,(H,23,25). The average molecular weight is 477 g/mol. The third kappa shape index (κ3) is 4.81. The third-order valence-corrected chi connectivity index (χ3v) is 6.28. The van der Waals surface area contributed by atoms with Gasteiger partial charge in [-0.3, -0.25) is 14.5 Å². The largest absolute Gasteiger partial charge is 0.416 e. The lowest BCUT2D eigenvalue weighted by atomic mass is 10.2. The number of nitrogens with zero attached hydrogens (tertiary/aromatic N) is 1. The number of hydrazine groups is 1. The number of benzene rings is 2. The molecule has 0 aliphatic carbocycles. The van der Waals surface area contributed by atoms with E-state index in [4.69, 9.17) is 40.6 Å². The van der Waals surface area contributed by atoms with Gasteiger partial charge in [-0.1, -0.05) is 34.8 Å². The van der Waals surface area contributed by atoms with Gasteiger partial charge in [0.15, 0.2) is 0 Å². The molecule has 0 unspecified atom stereocenters. The van der Waals surface area contributed by atoms with Crippen molar-refractivity contribution in [3.8, 4) is 0 Å². The van der Waals surface area contributed by atoms with Gasteiger partial charge in [0.25, 0.3) is 15.9 Å². The van der Waals surface area contributed by atoms with Crippen molar-refractivity contribution in [2.24, 2.45) is 5.84 Å². The second-order valence-electron chi connectivity index (χ2n) is 5.32. The maximum atomic E-state index is 13.1. The molecule has 0 aliphatic heterocycles. The molecular formula is C15H11Cl3F3N3O3S. The number of carbonyl (C=O) groups excluding carboxylic acids is 1. The molecule has 0 saturated heterocycles. The number of alkyl halides is 3. The van der Waals surface area contributed by atoms with Crippen LogP contribution in [0.2, 0.25) is 15.1 Å². The van der Waals surface area contributed by atoms with Crippen molar-refractivity contribution in [1.82, 2.24) is 5.43 Å². The Kier molecular flexibility index (Phi) is 6.72. The van der Waals surface area contributed by atoms with Gasteiger partial charge in [-0.25, -0.2) is 14.3 Å². The zero-order valence-electron chi connectivity index (χ0n) is 13.6.